The standard InChI is InChI=1S/C44H30.2ClH.Zr/c1-5-13-31-27(9-1)17-21-37-35(38-22-18-28-10-2-6-14-32(28)42(38)41(31)37)25-26-36-39-23-19-29-11-3-7-15-33(29)43(39)44-34-16-8-4-12-30(34)20-24-40(36)44;;;/h1-11,13-24,35H,12,25-26H2;2*1H;/q;;;+2/p-2. The van der Waals surface area contributed by atoms with Crippen molar-refractivity contribution in [3.8, 4) is 11.1 Å². The van der Waals surface area contributed by atoms with Crippen LogP contribution in [-0.4, -0.2) is 0 Å². The molecule has 10 rings (SSSR count). The van der Waals surface area contributed by atoms with E-state index in [1.807, 2.05) is 0 Å². The summed E-state index contributed by atoms with van der Waals surface area (Å²) in [4.78, 5) is 0. The third-order valence-electron chi connectivity index (χ3n) is 10.5. The van der Waals surface area contributed by atoms with Gasteiger partial charge in [-0.15, -0.1) is 0 Å². The summed E-state index contributed by atoms with van der Waals surface area (Å²) in [6.07, 6.45) is 9.99. The molecule has 3 aliphatic rings. The van der Waals surface area contributed by atoms with Crippen LogP contribution in [0.25, 0.3) is 55.1 Å². The maximum Gasteiger partial charge on any atom is 2.00 e. The van der Waals surface area contributed by atoms with Crippen LogP contribution < -0.4 is 35.3 Å². The normalized spacial score (nSPS) is 13.5. The molecule has 224 valence electrons. The second-order valence-electron chi connectivity index (χ2n) is 12.6. The first-order valence-electron chi connectivity index (χ1n) is 15.9. The molecule has 0 heterocycles. The fraction of sp³-hybridized carbons (Fsp3) is 0.0909. The SMILES string of the molecule is C1=CCc2ccc3c(c2=C1)=c1c(ccc2ccccc12)=C3CCC1c2ccc3ccccc3c2-c2c1ccc1ccccc21.[Cl-].[Cl-].[Zr+2]. The minimum absolute atomic E-state index is 0. The molecule has 0 aliphatic heterocycles. The number of benzene rings is 7. The number of halogens is 2. The topological polar surface area (TPSA) is 0 Å². The van der Waals surface area contributed by atoms with Crippen molar-refractivity contribution in [3.05, 3.63) is 177 Å². The van der Waals surface area contributed by atoms with Crippen LogP contribution in [0.15, 0.2) is 133 Å². The van der Waals surface area contributed by atoms with Gasteiger partial charge in [-0.1, -0.05) is 140 Å². The molecule has 47 heavy (non-hydrogen) atoms. The van der Waals surface area contributed by atoms with E-state index in [9.17, 15) is 0 Å². The van der Waals surface area contributed by atoms with Crippen molar-refractivity contribution in [1.29, 1.82) is 0 Å². The van der Waals surface area contributed by atoms with Crippen molar-refractivity contribution in [1.82, 2.24) is 0 Å². The Morgan fingerprint density at radius 3 is 1.79 bits per heavy atom. The fourth-order valence-electron chi connectivity index (χ4n) is 8.60. The average Bonchev–Trinajstić information content (AvgIpc) is 3.60. The van der Waals surface area contributed by atoms with E-state index in [1.54, 1.807) is 0 Å². The van der Waals surface area contributed by atoms with E-state index in [1.165, 1.54) is 92.1 Å². The van der Waals surface area contributed by atoms with Gasteiger partial charge in [0.25, 0.3) is 0 Å². The van der Waals surface area contributed by atoms with Crippen LogP contribution in [-0.2, 0) is 32.6 Å². The molecule has 7 aromatic rings. The van der Waals surface area contributed by atoms with E-state index < -0.39 is 0 Å². The Morgan fingerprint density at radius 2 is 1.13 bits per heavy atom. The summed E-state index contributed by atoms with van der Waals surface area (Å²) in [7, 11) is 0. The molecule has 0 fully saturated rings. The van der Waals surface area contributed by atoms with Crippen molar-refractivity contribution in [3.63, 3.8) is 0 Å². The van der Waals surface area contributed by atoms with Gasteiger partial charge in [0.15, 0.2) is 0 Å². The van der Waals surface area contributed by atoms with E-state index in [2.05, 4.69) is 140 Å². The average molecular weight is 721 g/mol. The van der Waals surface area contributed by atoms with Crippen molar-refractivity contribution >= 4 is 44.0 Å². The van der Waals surface area contributed by atoms with E-state index in [-0.39, 0.29) is 51.0 Å². The quantitative estimate of drug-likeness (QED) is 0.263. The number of fused-ring (bicyclic) bond motifs is 13. The Morgan fingerprint density at radius 1 is 0.553 bits per heavy atom. The van der Waals surface area contributed by atoms with Crippen molar-refractivity contribution in [2.45, 2.75) is 25.2 Å². The summed E-state index contributed by atoms with van der Waals surface area (Å²) in [5.41, 5.74) is 10.2. The van der Waals surface area contributed by atoms with Crippen LogP contribution >= 0.6 is 0 Å². The van der Waals surface area contributed by atoms with Gasteiger partial charge in [0.1, 0.15) is 0 Å². The number of rotatable bonds is 3. The molecule has 0 saturated carbocycles. The first-order valence-corrected chi connectivity index (χ1v) is 15.9. The molecule has 3 aliphatic carbocycles. The summed E-state index contributed by atoms with van der Waals surface area (Å²) in [6.45, 7) is 0. The van der Waals surface area contributed by atoms with Gasteiger partial charge in [-0.05, 0) is 111 Å². The molecule has 0 amide bonds. The van der Waals surface area contributed by atoms with Crippen LogP contribution in [0.5, 0.6) is 0 Å². The number of hydrogen-bond acceptors (Lipinski definition) is 0. The smallest absolute Gasteiger partial charge is 1.00 e. The minimum atomic E-state index is 0. The molecule has 0 radical (unpaired) electrons. The predicted octanol–water partition coefficient (Wildman–Crippen LogP) is 3.44. The molecule has 0 nitrogen and oxygen atoms in total. The Hall–Kier alpha value is -3.74. The van der Waals surface area contributed by atoms with E-state index in [0.717, 1.165) is 19.3 Å². The summed E-state index contributed by atoms with van der Waals surface area (Å²) in [5, 5.41) is 13.8. The van der Waals surface area contributed by atoms with Gasteiger partial charge in [-0.2, -0.15) is 0 Å². The summed E-state index contributed by atoms with van der Waals surface area (Å²) >= 11 is 0. The Labute approximate surface area is 305 Å². The molecule has 0 aromatic heterocycles. The van der Waals surface area contributed by atoms with Crippen molar-refractivity contribution < 1.29 is 51.0 Å². The zero-order valence-electron chi connectivity index (χ0n) is 25.7. The Balaban J connectivity index is 0.00000117. The Kier molecular flexibility index (Phi) is 8.38. The maximum atomic E-state index is 2.42. The first-order chi connectivity index (χ1) is 21.8. The molecule has 0 saturated heterocycles. The second kappa shape index (κ2) is 12.4. The van der Waals surface area contributed by atoms with Crippen molar-refractivity contribution in [2.75, 3.05) is 0 Å². The van der Waals surface area contributed by atoms with Crippen molar-refractivity contribution in [2.24, 2.45) is 0 Å². The van der Waals surface area contributed by atoms with Gasteiger partial charge in [-0.25, -0.2) is 0 Å². The van der Waals surface area contributed by atoms with Crippen LogP contribution in [0, 0.1) is 10.4 Å². The van der Waals surface area contributed by atoms with E-state index >= 15 is 0 Å². The van der Waals surface area contributed by atoms with Gasteiger partial charge >= 0.3 is 26.2 Å². The second-order valence-corrected chi connectivity index (χ2v) is 12.6. The van der Waals surface area contributed by atoms with Crippen LogP contribution in [0.3, 0.4) is 0 Å². The van der Waals surface area contributed by atoms with Gasteiger partial charge in [0, 0.05) is 5.92 Å². The maximum absolute atomic E-state index is 2.42. The fourth-order valence-corrected chi connectivity index (χ4v) is 8.60. The largest absolute Gasteiger partial charge is 2.00 e. The molecule has 0 unspecified atom stereocenters. The first kappa shape index (κ1) is 31.8. The van der Waals surface area contributed by atoms with Gasteiger partial charge in [0.2, 0.25) is 0 Å². The van der Waals surface area contributed by atoms with Gasteiger partial charge in [-0.3, -0.25) is 0 Å². The zero-order chi connectivity index (χ0) is 28.8. The third kappa shape index (κ3) is 4.66. The molecule has 3 heteroatoms. The minimum Gasteiger partial charge on any atom is -1.00 e. The molecule has 0 bridgehead atoms. The summed E-state index contributed by atoms with van der Waals surface area (Å²) in [6, 6.07) is 45.8. The third-order valence-corrected chi connectivity index (χ3v) is 10.5. The molecule has 7 aromatic carbocycles. The van der Waals surface area contributed by atoms with Crippen LogP contribution in [0.2, 0.25) is 0 Å². The number of hydrogen-bond donors (Lipinski definition) is 0. The summed E-state index contributed by atoms with van der Waals surface area (Å²) < 4.78 is 0. The monoisotopic (exact) mass is 718 g/mol. The number of allylic oxidation sites excluding steroid dienone is 2. The molecule has 0 atom stereocenters. The molecular weight excluding hydrogens is 691 g/mol. The van der Waals surface area contributed by atoms with E-state index in [0.29, 0.717) is 5.92 Å². The predicted molar refractivity (Wildman–Crippen MR) is 185 cm³/mol. The summed E-state index contributed by atoms with van der Waals surface area (Å²) in [5.74, 6) is 0.363. The van der Waals surface area contributed by atoms with Crippen LogP contribution in [0.4, 0.5) is 0 Å². The van der Waals surface area contributed by atoms with E-state index in [4.69, 9.17) is 0 Å². The molecule has 0 N–H and O–H groups in total. The van der Waals surface area contributed by atoms with Gasteiger partial charge < -0.3 is 24.8 Å². The van der Waals surface area contributed by atoms with Gasteiger partial charge in [0.05, 0.1) is 0 Å². The molecular formula is C44H30Cl2Zr. The Bertz CT molecular complexity index is 2570. The van der Waals surface area contributed by atoms with Crippen LogP contribution in [0.1, 0.15) is 41.0 Å². The zero-order valence-corrected chi connectivity index (χ0v) is 29.7. The molecule has 0 spiro atoms.